The van der Waals surface area contributed by atoms with Crippen LogP contribution >= 0.6 is 0 Å². The van der Waals surface area contributed by atoms with E-state index in [0.717, 1.165) is 17.1 Å². The topological polar surface area (TPSA) is 54.7 Å². The number of nitrogen functional groups attached to an aromatic ring is 1. The molecule has 3 heteroatoms. The number of rotatable bonds is 1. The van der Waals surface area contributed by atoms with Crippen molar-refractivity contribution >= 4 is 5.69 Å². The quantitative estimate of drug-likeness (QED) is 0.677. The molecule has 0 saturated heterocycles. The molecule has 0 radical (unpaired) electrons. The second-order valence-electron chi connectivity index (χ2n) is 2.56. The molecule has 14 heavy (non-hydrogen) atoms. The van der Waals surface area contributed by atoms with Crippen LogP contribution in [0.2, 0.25) is 0 Å². The second-order valence-corrected chi connectivity index (χ2v) is 2.56. The van der Waals surface area contributed by atoms with E-state index >= 15 is 0 Å². The molecule has 1 aromatic carbocycles. The summed E-state index contributed by atoms with van der Waals surface area (Å²) in [5, 5.41) is 0. The Kier molecular flexibility index (Phi) is 3.73. The monoisotopic (exact) mass is 189 g/mol. The minimum atomic E-state index is 0.769. The molecule has 0 saturated carbocycles. The van der Waals surface area contributed by atoms with Gasteiger partial charge in [-0.25, -0.2) is 4.98 Å². The molecule has 1 heterocycles. The third kappa shape index (κ3) is 2.36. The smallest absolute Gasteiger partial charge is 0.137 e. The van der Waals surface area contributed by atoms with Crippen LogP contribution in [0, 0.1) is 0 Å². The molecule has 3 nitrogen and oxygen atoms in total. The van der Waals surface area contributed by atoms with Gasteiger partial charge in [0.15, 0.2) is 0 Å². The summed E-state index contributed by atoms with van der Waals surface area (Å²) in [5.41, 5.74) is 7.37. The molecule has 0 fully saturated rings. The van der Waals surface area contributed by atoms with Crippen molar-refractivity contribution in [2.75, 3.05) is 5.73 Å². The van der Waals surface area contributed by atoms with E-state index in [1.807, 2.05) is 38.1 Å². The first kappa shape index (κ1) is 10.3. The molecule has 0 amide bonds. The van der Waals surface area contributed by atoms with Gasteiger partial charge in [-0.15, -0.1) is 0 Å². The van der Waals surface area contributed by atoms with Crippen molar-refractivity contribution < 1.29 is 0 Å². The van der Waals surface area contributed by atoms with E-state index in [-0.39, 0.29) is 0 Å². The first-order valence-electron chi connectivity index (χ1n) is 4.71. The standard InChI is InChI=1S/C9H9N3.C2H6/c10-8-3-1-7(2-4-8)9-11-5-6-12-9;1-2/h1-6H,10H2,(H,11,12);1-2H3. The number of hydrogen-bond donors (Lipinski definition) is 2. The lowest BCUT2D eigenvalue weighted by Crippen LogP contribution is -1.84. The average Bonchev–Trinajstić information content (AvgIpc) is 2.75. The first-order valence-corrected chi connectivity index (χ1v) is 4.71. The van der Waals surface area contributed by atoms with Crippen molar-refractivity contribution in [1.29, 1.82) is 0 Å². The van der Waals surface area contributed by atoms with Crippen LogP contribution in [0.4, 0.5) is 5.69 Å². The van der Waals surface area contributed by atoms with Crippen molar-refractivity contribution in [3.63, 3.8) is 0 Å². The number of aromatic amines is 1. The van der Waals surface area contributed by atoms with Crippen molar-refractivity contribution in [2.45, 2.75) is 13.8 Å². The highest BCUT2D eigenvalue weighted by molar-refractivity contribution is 5.58. The number of anilines is 1. The number of nitrogens with two attached hydrogens (primary N) is 1. The maximum atomic E-state index is 5.55. The molecule has 1 aromatic heterocycles. The average molecular weight is 189 g/mol. The number of nitrogens with one attached hydrogen (secondary N) is 1. The van der Waals surface area contributed by atoms with Gasteiger partial charge in [0.1, 0.15) is 5.82 Å². The van der Waals surface area contributed by atoms with Crippen LogP contribution in [-0.4, -0.2) is 9.97 Å². The predicted molar refractivity (Wildman–Crippen MR) is 59.8 cm³/mol. The lowest BCUT2D eigenvalue weighted by molar-refractivity contribution is 1.31. The van der Waals surface area contributed by atoms with Crippen molar-refractivity contribution in [1.82, 2.24) is 9.97 Å². The van der Waals surface area contributed by atoms with Gasteiger partial charge < -0.3 is 10.7 Å². The van der Waals surface area contributed by atoms with Crippen LogP contribution in [0.3, 0.4) is 0 Å². The molecule has 0 aliphatic rings. The largest absolute Gasteiger partial charge is 0.399 e. The van der Waals surface area contributed by atoms with Gasteiger partial charge in [-0.3, -0.25) is 0 Å². The van der Waals surface area contributed by atoms with Crippen molar-refractivity contribution in [3.05, 3.63) is 36.7 Å². The fraction of sp³-hybridized carbons (Fsp3) is 0.182. The summed E-state index contributed by atoms with van der Waals surface area (Å²) in [4.78, 5) is 7.14. The Bertz CT molecular complexity index is 349. The number of H-pyrrole nitrogens is 1. The fourth-order valence-corrected chi connectivity index (χ4v) is 1.06. The number of hydrogen-bond acceptors (Lipinski definition) is 2. The van der Waals surface area contributed by atoms with Crippen molar-refractivity contribution in [3.8, 4) is 11.4 Å². The Morgan fingerprint density at radius 2 is 1.79 bits per heavy atom. The van der Waals surface area contributed by atoms with E-state index in [1.54, 1.807) is 12.4 Å². The first-order chi connectivity index (χ1) is 6.86. The molecule has 74 valence electrons. The Balaban J connectivity index is 0.000000461. The van der Waals surface area contributed by atoms with Gasteiger partial charge in [-0.1, -0.05) is 13.8 Å². The zero-order valence-corrected chi connectivity index (χ0v) is 8.49. The van der Waals surface area contributed by atoms with Gasteiger partial charge in [-0.2, -0.15) is 0 Å². The lowest BCUT2D eigenvalue weighted by atomic mass is 10.2. The van der Waals surface area contributed by atoms with E-state index in [1.165, 1.54) is 0 Å². The molecular formula is C11H15N3. The van der Waals surface area contributed by atoms with Gasteiger partial charge >= 0.3 is 0 Å². The van der Waals surface area contributed by atoms with Gasteiger partial charge in [-0.05, 0) is 24.3 Å². The second kappa shape index (κ2) is 5.07. The van der Waals surface area contributed by atoms with E-state index < -0.39 is 0 Å². The summed E-state index contributed by atoms with van der Waals surface area (Å²) in [7, 11) is 0. The lowest BCUT2D eigenvalue weighted by Gasteiger charge is -1.96. The molecule has 0 bridgehead atoms. The zero-order chi connectivity index (χ0) is 10.4. The minimum absolute atomic E-state index is 0.769. The highest BCUT2D eigenvalue weighted by Crippen LogP contribution is 2.15. The Morgan fingerprint density at radius 3 is 2.29 bits per heavy atom. The maximum absolute atomic E-state index is 5.55. The highest BCUT2D eigenvalue weighted by Gasteiger charge is 1.96. The molecule has 0 unspecified atom stereocenters. The van der Waals surface area contributed by atoms with Gasteiger partial charge in [0.25, 0.3) is 0 Å². The van der Waals surface area contributed by atoms with Crippen LogP contribution in [0.5, 0.6) is 0 Å². The van der Waals surface area contributed by atoms with Crippen LogP contribution in [0.15, 0.2) is 36.7 Å². The fourth-order valence-electron chi connectivity index (χ4n) is 1.06. The third-order valence-corrected chi connectivity index (χ3v) is 1.68. The minimum Gasteiger partial charge on any atom is -0.399 e. The highest BCUT2D eigenvalue weighted by atomic mass is 14.9. The Labute approximate surface area is 84.0 Å². The number of benzene rings is 1. The van der Waals surface area contributed by atoms with E-state index in [4.69, 9.17) is 5.73 Å². The zero-order valence-electron chi connectivity index (χ0n) is 8.49. The summed E-state index contributed by atoms with van der Waals surface area (Å²) in [6.07, 6.45) is 3.53. The summed E-state index contributed by atoms with van der Waals surface area (Å²) in [6, 6.07) is 7.60. The molecule has 2 rings (SSSR count). The van der Waals surface area contributed by atoms with Crippen LogP contribution < -0.4 is 5.73 Å². The van der Waals surface area contributed by atoms with Gasteiger partial charge in [0.05, 0.1) is 0 Å². The summed E-state index contributed by atoms with van der Waals surface area (Å²) in [6.45, 7) is 4.00. The van der Waals surface area contributed by atoms with Crippen LogP contribution in [0.1, 0.15) is 13.8 Å². The summed E-state index contributed by atoms with van der Waals surface area (Å²) in [5.74, 6) is 0.870. The molecule has 0 aliphatic heterocycles. The van der Waals surface area contributed by atoms with Crippen molar-refractivity contribution in [2.24, 2.45) is 0 Å². The van der Waals surface area contributed by atoms with E-state index in [9.17, 15) is 0 Å². The normalized spacial score (nSPS) is 9.00. The number of imidazole rings is 1. The molecule has 0 spiro atoms. The molecule has 3 N–H and O–H groups in total. The SMILES string of the molecule is CC.Nc1ccc(-c2ncc[nH]2)cc1. The van der Waals surface area contributed by atoms with Gasteiger partial charge in [0.2, 0.25) is 0 Å². The van der Waals surface area contributed by atoms with Gasteiger partial charge in [0, 0.05) is 23.6 Å². The van der Waals surface area contributed by atoms with Crippen LogP contribution in [0.25, 0.3) is 11.4 Å². The molecular weight excluding hydrogens is 174 g/mol. The molecule has 2 aromatic rings. The third-order valence-electron chi connectivity index (χ3n) is 1.68. The Hall–Kier alpha value is -1.77. The Morgan fingerprint density at radius 1 is 1.14 bits per heavy atom. The number of nitrogens with zero attached hydrogens (tertiary/aromatic N) is 1. The summed E-state index contributed by atoms with van der Waals surface area (Å²) >= 11 is 0. The maximum Gasteiger partial charge on any atom is 0.137 e. The molecule has 0 atom stereocenters. The van der Waals surface area contributed by atoms with E-state index in [0.29, 0.717) is 0 Å². The summed E-state index contributed by atoms with van der Waals surface area (Å²) < 4.78 is 0. The van der Waals surface area contributed by atoms with Crippen LogP contribution in [-0.2, 0) is 0 Å². The van der Waals surface area contributed by atoms with E-state index in [2.05, 4.69) is 9.97 Å². The molecule has 0 aliphatic carbocycles. The number of aromatic nitrogens is 2. The predicted octanol–water partition coefficient (Wildman–Crippen LogP) is 2.69.